The van der Waals surface area contributed by atoms with Crippen LogP contribution in [-0.2, 0) is 0 Å². The van der Waals surface area contributed by atoms with E-state index in [9.17, 15) is 4.79 Å². The highest BCUT2D eigenvalue weighted by Gasteiger charge is 2.09. The van der Waals surface area contributed by atoms with E-state index in [1.54, 1.807) is 24.3 Å². The summed E-state index contributed by atoms with van der Waals surface area (Å²) in [5.74, 6) is 0.482. The molecule has 2 aromatic rings. The van der Waals surface area contributed by atoms with Gasteiger partial charge < -0.3 is 10.1 Å². The first-order valence-electron chi connectivity index (χ1n) is 7.42. The van der Waals surface area contributed by atoms with Crippen LogP contribution in [0.3, 0.4) is 0 Å². The number of benzene rings is 2. The van der Waals surface area contributed by atoms with Crippen molar-refractivity contribution in [2.45, 2.75) is 20.8 Å². The number of thiocarbonyl (C=S) groups is 1. The molecule has 23 heavy (non-hydrogen) atoms. The molecule has 0 fully saturated rings. The van der Waals surface area contributed by atoms with Gasteiger partial charge in [0.05, 0.1) is 6.61 Å². The number of hydrogen-bond acceptors (Lipinski definition) is 3. The third-order valence-corrected chi connectivity index (χ3v) is 3.49. The molecular formula is C18H20N2O2S. The average molecular weight is 328 g/mol. The van der Waals surface area contributed by atoms with Crippen LogP contribution >= 0.6 is 12.2 Å². The van der Waals surface area contributed by atoms with Gasteiger partial charge in [-0.3, -0.25) is 10.1 Å². The van der Waals surface area contributed by atoms with Crippen molar-refractivity contribution < 1.29 is 9.53 Å². The first kappa shape index (κ1) is 17.0. The van der Waals surface area contributed by atoms with Crippen molar-refractivity contribution in [1.29, 1.82) is 0 Å². The van der Waals surface area contributed by atoms with Crippen LogP contribution in [0.15, 0.2) is 42.5 Å². The molecular weight excluding hydrogens is 308 g/mol. The summed E-state index contributed by atoms with van der Waals surface area (Å²) in [6, 6.07) is 12.9. The lowest BCUT2D eigenvalue weighted by molar-refractivity contribution is 0.0977. The summed E-state index contributed by atoms with van der Waals surface area (Å²) >= 11 is 5.20. The summed E-state index contributed by atoms with van der Waals surface area (Å²) in [7, 11) is 0. The molecule has 0 aromatic heterocycles. The number of ether oxygens (including phenoxy) is 1. The molecule has 0 heterocycles. The Balaban J connectivity index is 1.97. The van der Waals surface area contributed by atoms with Gasteiger partial charge in [-0.2, -0.15) is 0 Å². The lowest BCUT2D eigenvalue weighted by Crippen LogP contribution is -2.34. The highest BCUT2D eigenvalue weighted by Crippen LogP contribution is 2.16. The number of carbonyl (C=O) groups excluding carboxylic acids is 1. The molecule has 0 bridgehead atoms. The molecule has 4 nitrogen and oxygen atoms in total. The standard InChI is InChI=1S/C18H20N2O2S/c1-4-22-15-8-6-14(7-9-15)17(21)20-18(23)19-16-10-5-12(2)11-13(16)3/h5-11H,4H2,1-3H3,(H2,19,20,21,23). The lowest BCUT2D eigenvalue weighted by atomic mass is 10.1. The predicted molar refractivity (Wildman–Crippen MR) is 97.2 cm³/mol. The second-order valence-corrected chi connectivity index (χ2v) is 5.59. The number of amides is 1. The Morgan fingerprint density at radius 1 is 1.13 bits per heavy atom. The third kappa shape index (κ3) is 4.79. The van der Waals surface area contributed by atoms with E-state index < -0.39 is 0 Å². The molecule has 5 heteroatoms. The van der Waals surface area contributed by atoms with Crippen LogP contribution in [0, 0.1) is 13.8 Å². The maximum absolute atomic E-state index is 12.2. The number of rotatable bonds is 4. The molecule has 0 aliphatic heterocycles. The molecule has 2 N–H and O–H groups in total. The minimum atomic E-state index is -0.254. The van der Waals surface area contributed by atoms with Gasteiger partial charge in [0.25, 0.3) is 5.91 Å². The molecule has 0 spiro atoms. The van der Waals surface area contributed by atoms with Crippen molar-refractivity contribution in [2.24, 2.45) is 0 Å². The molecule has 0 saturated carbocycles. The number of carbonyl (C=O) groups is 1. The number of anilines is 1. The second-order valence-electron chi connectivity index (χ2n) is 5.18. The molecule has 0 aliphatic carbocycles. The van der Waals surface area contributed by atoms with Crippen molar-refractivity contribution in [3.8, 4) is 5.75 Å². The smallest absolute Gasteiger partial charge is 0.257 e. The van der Waals surface area contributed by atoms with E-state index in [4.69, 9.17) is 17.0 Å². The van der Waals surface area contributed by atoms with Crippen molar-refractivity contribution in [3.05, 3.63) is 59.2 Å². The fourth-order valence-corrected chi connectivity index (χ4v) is 2.35. The maximum atomic E-state index is 12.2. The minimum absolute atomic E-state index is 0.254. The van der Waals surface area contributed by atoms with Crippen LogP contribution in [-0.4, -0.2) is 17.6 Å². The molecule has 2 rings (SSSR count). The summed E-state index contributed by atoms with van der Waals surface area (Å²) in [5.41, 5.74) is 3.66. The summed E-state index contributed by atoms with van der Waals surface area (Å²) in [4.78, 5) is 12.2. The molecule has 0 unspecified atom stereocenters. The average Bonchev–Trinajstić information content (AvgIpc) is 2.51. The highest BCUT2D eigenvalue weighted by molar-refractivity contribution is 7.80. The van der Waals surface area contributed by atoms with Crippen LogP contribution in [0.1, 0.15) is 28.4 Å². The fraction of sp³-hybridized carbons (Fsp3) is 0.222. The zero-order valence-corrected chi connectivity index (χ0v) is 14.3. The quantitative estimate of drug-likeness (QED) is 0.838. The Hall–Kier alpha value is -2.40. The largest absolute Gasteiger partial charge is 0.494 e. The lowest BCUT2D eigenvalue weighted by Gasteiger charge is -2.12. The van der Waals surface area contributed by atoms with Gasteiger partial charge in [-0.15, -0.1) is 0 Å². The van der Waals surface area contributed by atoms with Crippen LogP contribution in [0.25, 0.3) is 0 Å². The van der Waals surface area contributed by atoms with Crippen LogP contribution in [0.5, 0.6) is 5.75 Å². The van der Waals surface area contributed by atoms with Gasteiger partial charge in [0.2, 0.25) is 0 Å². The Kier molecular flexibility index (Phi) is 5.71. The summed E-state index contributed by atoms with van der Waals surface area (Å²) < 4.78 is 5.35. The van der Waals surface area contributed by atoms with Crippen LogP contribution in [0.2, 0.25) is 0 Å². The van der Waals surface area contributed by atoms with E-state index in [0.717, 1.165) is 17.0 Å². The Labute approximate surface area is 141 Å². The van der Waals surface area contributed by atoms with Gasteiger partial charge in [-0.25, -0.2) is 0 Å². The van der Waals surface area contributed by atoms with Crippen LogP contribution < -0.4 is 15.4 Å². The van der Waals surface area contributed by atoms with Crippen molar-refractivity contribution in [1.82, 2.24) is 5.32 Å². The molecule has 0 saturated heterocycles. The monoisotopic (exact) mass is 328 g/mol. The van der Waals surface area contributed by atoms with E-state index in [1.165, 1.54) is 5.56 Å². The van der Waals surface area contributed by atoms with E-state index in [-0.39, 0.29) is 11.0 Å². The molecule has 0 atom stereocenters. The van der Waals surface area contributed by atoms with Crippen LogP contribution in [0.4, 0.5) is 5.69 Å². The van der Waals surface area contributed by atoms with Crippen molar-refractivity contribution in [3.63, 3.8) is 0 Å². The van der Waals surface area contributed by atoms with Gasteiger partial charge in [0, 0.05) is 11.3 Å². The van der Waals surface area contributed by atoms with Gasteiger partial charge in [0.15, 0.2) is 5.11 Å². The van der Waals surface area contributed by atoms with E-state index >= 15 is 0 Å². The third-order valence-electron chi connectivity index (χ3n) is 3.28. The molecule has 0 radical (unpaired) electrons. The maximum Gasteiger partial charge on any atom is 0.257 e. The van der Waals surface area contributed by atoms with Gasteiger partial charge in [0.1, 0.15) is 5.75 Å². The van der Waals surface area contributed by atoms with E-state index in [0.29, 0.717) is 12.2 Å². The number of nitrogens with one attached hydrogen (secondary N) is 2. The topological polar surface area (TPSA) is 50.4 Å². The zero-order chi connectivity index (χ0) is 16.8. The zero-order valence-electron chi connectivity index (χ0n) is 13.5. The second kappa shape index (κ2) is 7.74. The molecule has 0 aliphatic rings. The van der Waals surface area contributed by atoms with E-state index in [1.807, 2.05) is 32.9 Å². The minimum Gasteiger partial charge on any atom is -0.494 e. The van der Waals surface area contributed by atoms with Gasteiger partial charge in [-0.05, 0) is 68.9 Å². The fourth-order valence-electron chi connectivity index (χ4n) is 2.15. The van der Waals surface area contributed by atoms with Gasteiger partial charge in [-0.1, -0.05) is 17.7 Å². The first-order valence-corrected chi connectivity index (χ1v) is 7.83. The molecule has 1 amide bonds. The molecule has 120 valence electrons. The Morgan fingerprint density at radius 3 is 2.43 bits per heavy atom. The van der Waals surface area contributed by atoms with E-state index in [2.05, 4.69) is 16.7 Å². The SMILES string of the molecule is CCOc1ccc(C(=O)NC(=S)Nc2ccc(C)cc2C)cc1. The number of aryl methyl sites for hydroxylation is 2. The predicted octanol–water partition coefficient (Wildman–Crippen LogP) is 3.83. The van der Waals surface area contributed by atoms with Crippen molar-refractivity contribution in [2.75, 3.05) is 11.9 Å². The normalized spacial score (nSPS) is 10.0. The highest BCUT2D eigenvalue weighted by atomic mass is 32.1. The van der Waals surface area contributed by atoms with Gasteiger partial charge >= 0.3 is 0 Å². The Morgan fingerprint density at radius 2 is 1.83 bits per heavy atom. The van der Waals surface area contributed by atoms with Crippen molar-refractivity contribution >= 4 is 28.9 Å². The summed E-state index contributed by atoms with van der Waals surface area (Å²) in [5, 5.41) is 6.00. The number of hydrogen-bond donors (Lipinski definition) is 2. The Bertz CT molecular complexity index is 711. The summed E-state index contributed by atoms with van der Waals surface area (Å²) in [6.07, 6.45) is 0. The first-order chi connectivity index (χ1) is 11.0. The summed E-state index contributed by atoms with van der Waals surface area (Å²) in [6.45, 7) is 6.53. The molecule has 2 aromatic carbocycles.